The first-order chi connectivity index (χ1) is 11.5. The maximum absolute atomic E-state index is 5.42. The van der Waals surface area contributed by atoms with Crippen LogP contribution in [0.5, 0.6) is 0 Å². The second-order valence-electron chi connectivity index (χ2n) is 6.13. The number of benzene rings is 1. The molecule has 0 saturated carbocycles. The van der Waals surface area contributed by atoms with Crippen LogP contribution in [-0.2, 0) is 11.3 Å². The van der Waals surface area contributed by atoms with Crippen LogP contribution >= 0.6 is 0 Å². The summed E-state index contributed by atoms with van der Waals surface area (Å²) in [5.74, 6) is 0.791. The first-order valence-electron chi connectivity index (χ1n) is 8.20. The van der Waals surface area contributed by atoms with Crippen LogP contribution in [0.15, 0.2) is 47.7 Å². The van der Waals surface area contributed by atoms with E-state index in [1.165, 1.54) is 0 Å². The van der Waals surface area contributed by atoms with Gasteiger partial charge in [0, 0.05) is 32.6 Å². The molecule has 130 valence electrons. The van der Waals surface area contributed by atoms with Crippen molar-refractivity contribution < 1.29 is 4.74 Å². The first kappa shape index (κ1) is 18.0. The maximum Gasteiger partial charge on any atom is 0.191 e. The summed E-state index contributed by atoms with van der Waals surface area (Å²) in [5, 5.41) is 10.8. The molecular formula is C18H27N5O. The van der Waals surface area contributed by atoms with Crippen molar-refractivity contribution in [1.82, 2.24) is 20.4 Å². The maximum atomic E-state index is 5.42. The van der Waals surface area contributed by atoms with Crippen molar-refractivity contribution in [2.45, 2.75) is 32.9 Å². The molecule has 0 unspecified atom stereocenters. The molecule has 1 aromatic heterocycles. The molecule has 0 saturated heterocycles. The van der Waals surface area contributed by atoms with Crippen molar-refractivity contribution in [1.29, 1.82) is 0 Å². The molecule has 0 aliphatic rings. The summed E-state index contributed by atoms with van der Waals surface area (Å²) in [5.41, 5.74) is 1.95. The van der Waals surface area contributed by atoms with Gasteiger partial charge in [0.1, 0.15) is 0 Å². The minimum absolute atomic E-state index is 0.235. The second kappa shape index (κ2) is 8.49. The van der Waals surface area contributed by atoms with E-state index in [-0.39, 0.29) is 5.60 Å². The van der Waals surface area contributed by atoms with Crippen molar-refractivity contribution in [2.75, 3.05) is 20.2 Å². The fraction of sp³-hybridized carbons (Fsp3) is 0.444. The highest BCUT2D eigenvalue weighted by molar-refractivity contribution is 5.79. The lowest BCUT2D eigenvalue weighted by molar-refractivity contribution is 0.0268. The number of aromatic nitrogens is 2. The molecule has 2 N–H and O–H groups in total. The Morgan fingerprint density at radius 2 is 2.00 bits per heavy atom. The number of ether oxygens (including phenoxy) is 1. The van der Waals surface area contributed by atoms with Crippen LogP contribution in [-0.4, -0.2) is 41.5 Å². The van der Waals surface area contributed by atoms with Gasteiger partial charge >= 0.3 is 0 Å². The molecule has 6 heteroatoms. The van der Waals surface area contributed by atoms with Gasteiger partial charge in [-0.25, -0.2) is 9.67 Å². The molecule has 1 heterocycles. The number of nitrogens with zero attached hydrogens (tertiary/aromatic N) is 3. The van der Waals surface area contributed by atoms with Gasteiger partial charge in [-0.3, -0.25) is 0 Å². The number of aliphatic imine (C=N–C) groups is 1. The zero-order valence-corrected chi connectivity index (χ0v) is 14.9. The molecule has 6 nitrogen and oxygen atoms in total. The number of nitrogens with one attached hydrogen (secondary N) is 2. The Kier molecular flexibility index (Phi) is 6.37. The monoisotopic (exact) mass is 329 g/mol. The lowest BCUT2D eigenvalue weighted by Gasteiger charge is -2.24. The molecule has 2 rings (SSSR count). The van der Waals surface area contributed by atoms with E-state index in [1.54, 1.807) is 13.3 Å². The molecule has 0 amide bonds. The largest absolute Gasteiger partial charge is 0.377 e. The topological polar surface area (TPSA) is 63.5 Å². The van der Waals surface area contributed by atoms with Gasteiger partial charge in [0.2, 0.25) is 0 Å². The van der Waals surface area contributed by atoms with Gasteiger partial charge in [-0.05, 0) is 44.5 Å². The van der Waals surface area contributed by atoms with E-state index >= 15 is 0 Å². The quantitative estimate of drug-likeness (QED) is 0.605. The van der Waals surface area contributed by atoms with Crippen LogP contribution in [0, 0.1) is 0 Å². The lowest BCUT2D eigenvalue weighted by Crippen LogP contribution is -2.45. The van der Waals surface area contributed by atoms with E-state index in [1.807, 2.05) is 42.9 Å². The Morgan fingerprint density at radius 1 is 1.25 bits per heavy atom. The SMILES string of the molecule is CCNC(=NCc1ccc(-n2cccn2)cc1)NCC(C)(C)OC. The molecule has 0 radical (unpaired) electrons. The third-order valence-electron chi connectivity index (χ3n) is 3.70. The third kappa shape index (κ3) is 5.38. The standard InChI is InChI=1S/C18H27N5O/c1-5-19-17(21-14-18(2,3)24-4)20-13-15-7-9-16(10-8-15)23-12-6-11-22-23/h6-12H,5,13-14H2,1-4H3,(H2,19,20,21). The van der Waals surface area contributed by atoms with Crippen molar-refractivity contribution in [2.24, 2.45) is 4.99 Å². The second-order valence-corrected chi connectivity index (χ2v) is 6.13. The Bertz CT molecular complexity index is 632. The molecule has 1 aromatic carbocycles. The Balaban J connectivity index is 1.97. The van der Waals surface area contributed by atoms with Crippen LogP contribution in [0.3, 0.4) is 0 Å². The molecule has 0 fully saturated rings. The van der Waals surface area contributed by atoms with Crippen molar-refractivity contribution in [3.8, 4) is 5.69 Å². The van der Waals surface area contributed by atoms with Crippen LogP contribution in [0.4, 0.5) is 0 Å². The molecule has 0 spiro atoms. The van der Waals surface area contributed by atoms with E-state index in [0.29, 0.717) is 13.1 Å². The van der Waals surface area contributed by atoms with Crippen LogP contribution in [0.1, 0.15) is 26.3 Å². The van der Waals surface area contributed by atoms with Gasteiger partial charge in [0.05, 0.1) is 17.8 Å². The van der Waals surface area contributed by atoms with E-state index in [4.69, 9.17) is 4.74 Å². The summed E-state index contributed by atoms with van der Waals surface area (Å²) in [6, 6.07) is 10.2. The number of hydrogen-bond acceptors (Lipinski definition) is 3. The minimum Gasteiger partial charge on any atom is -0.377 e. The number of hydrogen-bond donors (Lipinski definition) is 2. The van der Waals surface area contributed by atoms with Crippen LogP contribution in [0.25, 0.3) is 5.69 Å². The zero-order chi connectivity index (χ0) is 17.4. The summed E-state index contributed by atoms with van der Waals surface area (Å²) >= 11 is 0. The Labute approximate surface area is 143 Å². The highest BCUT2D eigenvalue weighted by atomic mass is 16.5. The normalized spacial score (nSPS) is 12.2. The molecular weight excluding hydrogens is 302 g/mol. The van der Waals surface area contributed by atoms with Gasteiger partial charge in [0.25, 0.3) is 0 Å². The average Bonchev–Trinajstić information content (AvgIpc) is 3.12. The fourth-order valence-electron chi connectivity index (χ4n) is 2.06. The summed E-state index contributed by atoms with van der Waals surface area (Å²) in [6.45, 7) is 8.25. The lowest BCUT2D eigenvalue weighted by atomic mass is 10.1. The van der Waals surface area contributed by atoms with E-state index in [2.05, 4.69) is 39.8 Å². The Hall–Kier alpha value is -2.34. The van der Waals surface area contributed by atoms with E-state index < -0.39 is 0 Å². The van der Waals surface area contributed by atoms with Gasteiger partial charge in [-0.2, -0.15) is 5.10 Å². The smallest absolute Gasteiger partial charge is 0.191 e. The first-order valence-corrected chi connectivity index (χ1v) is 8.20. The predicted molar refractivity (Wildman–Crippen MR) is 97.5 cm³/mol. The summed E-state index contributed by atoms with van der Waals surface area (Å²) in [7, 11) is 1.72. The number of guanidine groups is 1. The number of rotatable bonds is 7. The predicted octanol–water partition coefficient (Wildman–Crippen LogP) is 2.35. The Morgan fingerprint density at radius 3 is 2.58 bits per heavy atom. The van der Waals surface area contributed by atoms with Crippen LogP contribution in [0.2, 0.25) is 0 Å². The highest BCUT2D eigenvalue weighted by Crippen LogP contribution is 2.09. The van der Waals surface area contributed by atoms with Gasteiger partial charge in [0.15, 0.2) is 5.96 Å². The van der Waals surface area contributed by atoms with Crippen LogP contribution < -0.4 is 10.6 Å². The fourth-order valence-corrected chi connectivity index (χ4v) is 2.06. The highest BCUT2D eigenvalue weighted by Gasteiger charge is 2.16. The molecule has 0 aliphatic carbocycles. The molecule has 24 heavy (non-hydrogen) atoms. The van der Waals surface area contributed by atoms with Crippen molar-refractivity contribution in [3.05, 3.63) is 48.3 Å². The molecule has 2 aromatic rings. The van der Waals surface area contributed by atoms with Crippen molar-refractivity contribution >= 4 is 5.96 Å². The third-order valence-corrected chi connectivity index (χ3v) is 3.70. The molecule has 0 atom stereocenters. The van der Waals surface area contributed by atoms with E-state index in [0.717, 1.165) is 23.8 Å². The van der Waals surface area contributed by atoms with Gasteiger partial charge in [-0.15, -0.1) is 0 Å². The summed E-state index contributed by atoms with van der Waals surface area (Å²) in [6.07, 6.45) is 3.70. The average molecular weight is 329 g/mol. The molecule has 0 bridgehead atoms. The zero-order valence-electron chi connectivity index (χ0n) is 14.9. The summed E-state index contributed by atoms with van der Waals surface area (Å²) in [4.78, 5) is 4.63. The summed E-state index contributed by atoms with van der Waals surface area (Å²) < 4.78 is 7.26. The number of methoxy groups -OCH3 is 1. The minimum atomic E-state index is -0.235. The van der Waals surface area contributed by atoms with Crippen molar-refractivity contribution in [3.63, 3.8) is 0 Å². The van der Waals surface area contributed by atoms with Gasteiger partial charge < -0.3 is 15.4 Å². The molecule has 0 aliphatic heterocycles. The van der Waals surface area contributed by atoms with Gasteiger partial charge in [-0.1, -0.05) is 12.1 Å². The van der Waals surface area contributed by atoms with E-state index in [9.17, 15) is 0 Å².